The van der Waals surface area contributed by atoms with Crippen LogP contribution in [0, 0.1) is 6.92 Å². The Kier molecular flexibility index (Phi) is 5.35. The Hall–Kier alpha value is -1.16. The summed E-state index contributed by atoms with van der Waals surface area (Å²) in [5.74, 6) is 0.660. The average molecular weight is 252 g/mol. The third-order valence-corrected chi connectivity index (χ3v) is 3.94. The third-order valence-electron chi connectivity index (χ3n) is 2.79. The summed E-state index contributed by atoms with van der Waals surface area (Å²) in [7, 11) is 0. The molecule has 17 heavy (non-hydrogen) atoms. The van der Waals surface area contributed by atoms with Gasteiger partial charge in [0.05, 0.1) is 5.75 Å². The van der Waals surface area contributed by atoms with Gasteiger partial charge < -0.3 is 10.6 Å². The number of nitrogens with two attached hydrogens (primary N) is 1. The van der Waals surface area contributed by atoms with Gasteiger partial charge in [-0.25, -0.2) is 0 Å². The molecule has 4 heteroatoms. The van der Waals surface area contributed by atoms with Gasteiger partial charge in [-0.1, -0.05) is 6.07 Å². The highest BCUT2D eigenvalue weighted by atomic mass is 32.2. The molecular weight excluding hydrogens is 232 g/mol. The minimum absolute atomic E-state index is 0.182. The number of hydrogen-bond acceptors (Lipinski definition) is 3. The number of carbonyl (C=O) groups is 1. The molecule has 0 saturated carbocycles. The van der Waals surface area contributed by atoms with Crippen molar-refractivity contribution < 1.29 is 4.79 Å². The number of thioether (sulfide) groups is 1. The molecule has 1 aromatic rings. The molecular formula is C13H20N2OS. The SMILES string of the molecule is CCN(CC)C(=O)CSc1cccc(N)c1C. The van der Waals surface area contributed by atoms with Crippen LogP contribution in [0.4, 0.5) is 5.69 Å². The van der Waals surface area contributed by atoms with Crippen molar-refractivity contribution in [2.24, 2.45) is 0 Å². The molecule has 1 aromatic carbocycles. The number of carbonyl (C=O) groups excluding carboxylic acids is 1. The zero-order valence-corrected chi connectivity index (χ0v) is 11.5. The number of hydrogen-bond donors (Lipinski definition) is 1. The van der Waals surface area contributed by atoms with E-state index in [1.807, 2.05) is 43.9 Å². The second-order valence-electron chi connectivity index (χ2n) is 3.83. The molecule has 1 rings (SSSR count). The number of nitrogens with zero attached hydrogens (tertiary/aromatic N) is 1. The molecule has 0 saturated heterocycles. The number of nitrogen functional groups attached to an aromatic ring is 1. The van der Waals surface area contributed by atoms with Crippen LogP contribution in [-0.2, 0) is 4.79 Å². The first kappa shape index (κ1) is 13.9. The van der Waals surface area contributed by atoms with Gasteiger partial charge >= 0.3 is 0 Å². The maximum atomic E-state index is 11.8. The molecule has 0 atom stereocenters. The topological polar surface area (TPSA) is 46.3 Å². The Morgan fingerprint density at radius 1 is 1.35 bits per heavy atom. The standard InChI is InChI=1S/C13H20N2OS/c1-4-15(5-2)13(16)9-17-12-8-6-7-11(14)10(12)3/h6-8H,4-5,9,14H2,1-3H3. The fraction of sp³-hybridized carbons (Fsp3) is 0.462. The molecule has 2 N–H and O–H groups in total. The van der Waals surface area contributed by atoms with E-state index in [0.717, 1.165) is 29.2 Å². The van der Waals surface area contributed by atoms with E-state index in [4.69, 9.17) is 5.73 Å². The molecule has 0 aromatic heterocycles. The van der Waals surface area contributed by atoms with Gasteiger partial charge in [0.25, 0.3) is 0 Å². The third kappa shape index (κ3) is 3.66. The number of amides is 1. The maximum Gasteiger partial charge on any atom is 0.232 e. The second-order valence-corrected chi connectivity index (χ2v) is 4.84. The highest BCUT2D eigenvalue weighted by Gasteiger charge is 2.11. The Bertz CT molecular complexity index is 389. The Balaban J connectivity index is 2.61. The average Bonchev–Trinajstić information content (AvgIpc) is 2.32. The van der Waals surface area contributed by atoms with Gasteiger partial charge in [-0.05, 0) is 38.5 Å². The van der Waals surface area contributed by atoms with Crippen molar-refractivity contribution in [3.8, 4) is 0 Å². The minimum Gasteiger partial charge on any atom is -0.398 e. The van der Waals surface area contributed by atoms with Crippen LogP contribution in [0.3, 0.4) is 0 Å². The molecule has 0 aliphatic rings. The molecule has 0 unspecified atom stereocenters. The largest absolute Gasteiger partial charge is 0.398 e. The van der Waals surface area contributed by atoms with Crippen LogP contribution < -0.4 is 5.73 Å². The van der Waals surface area contributed by atoms with Crippen LogP contribution in [0.25, 0.3) is 0 Å². The van der Waals surface area contributed by atoms with Gasteiger partial charge in [0.1, 0.15) is 0 Å². The second kappa shape index (κ2) is 6.55. The first-order valence-corrected chi connectivity index (χ1v) is 6.84. The molecule has 0 bridgehead atoms. The van der Waals surface area contributed by atoms with Crippen LogP contribution in [0.5, 0.6) is 0 Å². The molecule has 94 valence electrons. The fourth-order valence-corrected chi connectivity index (χ4v) is 2.57. The van der Waals surface area contributed by atoms with E-state index in [0.29, 0.717) is 5.75 Å². The summed E-state index contributed by atoms with van der Waals surface area (Å²) in [5, 5.41) is 0. The summed E-state index contributed by atoms with van der Waals surface area (Å²) in [4.78, 5) is 14.8. The van der Waals surface area contributed by atoms with E-state index in [1.54, 1.807) is 11.8 Å². The fourth-order valence-electron chi connectivity index (χ4n) is 1.59. The van der Waals surface area contributed by atoms with Crippen molar-refractivity contribution in [2.45, 2.75) is 25.7 Å². The summed E-state index contributed by atoms with van der Waals surface area (Å²) in [6.45, 7) is 7.52. The van der Waals surface area contributed by atoms with Crippen molar-refractivity contribution in [3.63, 3.8) is 0 Å². The normalized spacial score (nSPS) is 10.3. The molecule has 0 aliphatic carbocycles. The lowest BCUT2D eigenvalue weighted by molar-refractivity contribution is -0.127. The predicted octanol–water partition coefficient (Wildman–Crippen LogP) is 2.54. The number of anilines is 1. The lowest BCUT2D eigenvalue weighted by atomic mass is 10.2. The Morgan fingerprint density at radius 2 is 2.00 bits per heavy atom. The first-order chi connectivity index (χ1) is 8.10. The summed E-state index contributed by atoms with van der Waals surface area (Å²) in [6, 6.07) is 5.81. The molecule has 0 fully saturated rings. The lowest BCUT2D eigenvalue weighted by Gasteiger charge is -2.18. The van der Waals surface area contributed by atoms with E-state index in [9.17, 15) is 4.79 Å². The predicted molar refractivity (Wildman–Crippen MR) is 74.2 cm³/mol. The summed E-state index contributed by atoms with van der Waals surface area (Å²) >= 11 is 1.56. The highest BCUT2D eigenvalue weighted by Crippen LogP contribution is 2.26. The monoisotopic (exact) mass is 252 g/mol. The Labute approximate surface area is 107 Å². The molecule has 0 radical (unpaired) electrons. The zero-order valence-electron chi connectivity index (χ0n) is 10.7. The molecule has 0 spiro atoms. The molecule has 0 aliphatic heterocycles. The summed E-state index contributed by atoms with van der Waals surface area (Å²) < 4.78 is 0. The van der Waals surface area contributed by atoms with Gasteiger partial charge in [0.2, 0.25) is 5.91 Å². The van der Waals surface area contributed by atoms with Crippen LogP contribution in [-0.4, -0.2) is 29.6 Å². The Morgan fingerprint density at radius 3 is 2.59 bits per heavy atom. The highest BCUT2D eigenvalue weighted by molar-refractivity contribution is 8.00. The van der Waals surface area contributed by atoms with Crippen LogP contribution in [0.1, 0.15) is 19.4 Å². The zero-order chi connectivity index (χ0) is 12.8. The van der Waals surface area contributed by atoms with Gasteiger partial charge in [-0.2, -0.15) is 0 Å². The number of rotatable bonds is 5. The van der Waals surface area contributed by atoms with Crippen LogP contribution in [0.2, 0.25) is 0 Å². The van der Waals surface area contributed by atoms with E-state index in [1.165, 1.54) is 0 Å². The van der Waals surface area contributed by atoms with Crippen LogP contribution >= 0.6 is 11.8 Å². The van der Waals surface area contributed by atoms with Gasteiger partial charge in [-0.3, -0.25) is 4.79 Å². The van der Waals surface area contributed by atoms with E-state index >= 15 is 0 Å². The van der Waals surface area contributed by atoms with Gasteiger partial charge in [0, 0.05) is 23.7 Å². The van der Waals surface area contributed by atoms with Crippen molar-refractivity contribution >= 4 is 23.4 Å². The van der Waals surface area contributed by atoms with E-state index in [2.05, 4.69) is 0 Å². The van der Waals surface area contributed by atoms with Crippen molar-refractivity contribution in [2.75, 3.05) is 24.6 Å². The quantitative estimate of drug-likeness (QED) is 0.647. The van der Waals surface area contributed by atoms with Crippen molar-refractivity contribution in [1.82, 2.24) is 4.90 Å². The van der Waals surface area contributed by atoms with Crippen molar-refractivity contribution in [1.29, 1.82) is 0 Å². The van der Waals surface area contributed by atoms with E-state index < -0.39 is 0 Å². The van der Waals surface area contributed by atoms with Crippen LogP contribution in [0.15, 0.2) is 23.1 Å². The van der Waals surface area contributed by atoms with Gasteiger partial charge in [-0.15, -0.1) is 11.8 Å². The molecule has 1 amide bonds. The van der Waals surface area contributed by atoms with Gasteiger partial charge in [0.15, 0.2) is 0 Å². The summed E-state index contributed by atoms with van der Waals surface area (Å²) in [5.41, 5.74) is 7.67. The summed E-state index contributed by atoms with van der Waals surface area (Å²) in [6.07, 6.45) is 0. The van der Waals surface area contributed by atoms with Crippen molar-refractivity contribution in [3.05, 3.63) is 23.8 Å². The van der Waals surface area contributed by atoms with E-state index in [-0.39, 0.29) is 5.91 Å². The smallest absolute Gasteiger partial charge is 0.232 e. The molecule has 3 nitrogen and oxygen atoms in total. The maximum absolute atomic E-state index is 11.8. The first-order valence-electron chi connectivity index (χ1n) is 5.85. The minimum atomic E-state index is 0.182. The number of benzene rings is 1. The lowest BCUT2D eigenvalue weighted by Crippen LogP contribution is -2.31. The molecule has 0 heterocycles.